The molecule has 0 atom stereocenters. The number of amides is 2. The first-order valence-electron chi connectivity index (χ1n) is 7.39. The van der Waals surface area contributed by atoms with Gasteiger partial charge in [-0.05, 0) is 35.0 Å². The number of hydrogen-bond donors (Lipinski definition) is 2. The van der Waals surface area contributed by atoms with Gasteiger partial charge in [-0.3, -0.25) is 14.4 Å². The smallest absolute Gasteiger partial charge is 0.309 e. The molecular formula is C17H14N2O3S3. The third kappa shape index (κ3) is 4.62. The molecular weight excluding hydrogens is 376 g/mol. The highest BCUT2D eigenvalue weighted by molar-refractivity contribution is 7.16. The lowest BCUT2D eigenvalue weighted by Crippen LogP contribution is -2.39. The summed E-state index contributed by atoms with van der Waals surface area (Å²) in [7, 11) is 0. The highest BCUT2D eigenvalue weighted by Crippen LogP contribution is 2.22. The molecule has 5 nitrogen and oxygen atoms in total. The maximum Gasteiger partial charge on any atom is 0.309 e. The summed E-state index contributed by atoms with van der Waals surface area (Å²) in [6, 6.07) is 10.9. The van der Waals surface area contributed by atoms with Crippen LogP contribution in [0.15, 0.2) is 47.2 Å². The van der Waals surface area contributed by atoms with Crippen LogP contribution in [0, 0.1) is 0 Å². The average Bonchev–Trinajstić information content (AvgIpc) is 3.39. The van der Waals surface area contributed by atoms with Gasteiger partial charge < -0.3 is 10.6 Å². The molecule has 2 N–H and O–H groups in total. The molecule has 0 aliphatic carbocycles. The molecule has 3 aromatic rings. The van der Waals surface area contributed by atoms with E-state index >= 15 is 0 Å². The first kappa shape index (κ1) is 17.5. The van der Waals surface area contributed by atoms with Crippen molar-refractivity contribution in [2.75, 3.05) is 0 Å². The van der Waals surface area contributed by atoms with E-state index in [9.17, 15) is 14.4 Å². The van der Waals surface area contributed by atoms with Crippen LogP contribution in [0.1, 0.15) is 24.3 Å². The SMILES string of the molecule is O=C(NCc1cccs1)C(=O)NCc1ccc(C(=O)c2cccs2)s1. The van der Waals surface area contributed by atoms with Gasteiger partial charge in [-0.1, -0.05) is 12.1 Å². The Balaban J connectivity index is 1.49. The third-order valence-electron chi connectivity index (χ3n) is 3.26. The lowest BCUT2D eigenvalue weighted by molar-refractivity contribution is -0.139. The molecule has 3 aromatic heterocycles. The molecule has 0 saturated heterocycles. The molecule has 0 aliphatic heterocycles. The van der Waals surface area contributed by atoms with E-state index in [1.807, 2.05) is 29.0 Å². The van der Waals surface area contributed by atoms with Crippen LogP contribution in [0.3, 0.4) is 0 Å². The van der Waals surface area contributed by atoms with Gasteiger partial charge >= 0.3 is 11.8 Å². The first-order chi connectivity index (χ1) is 12.1. The van der Waals surface area contributed by atoms with E-state index in [2.05, 4.69) is 10.6 Å². The summed E-state index contributed by atoms with van der Waals surface area (Å²) in [5.41, 5.74) is 0. The third-order valence-corrected chi connectivity index (χ3v) is 6.09. The fourth-order valence-corrected chi connectivity index (χ4v) is 4.32. The number of carbonyl (C=O) groups is 3. The number of carbonyl (C=O) groups excluding carboxylic acids is 3. The highest BCUT2D eigenvalue weighted by Gasteiger charge is 2.15. The van der Waals surface area contributed by atoms with Crippen molar-refractivity contribution < 1.29 is 14.4 Å². The van der Waals surface area contributed by atoms with Gasteiger partial charge in [-0.15, -0.1) is 34.0 Å². The Morgan fingerprint density at radius 3 is 2.08 bits per heavy atom. The molecule has 0 bridgehead atoms. The Hall–Kier alpha value is -2.29. The summed E-state index contributed by atoms with van der Waals surface area (Å²) in [4.78, 5) is 38.9. The Morgan fingerprint density at radius 1 is 0.760 bits per heavy atom. The second-order valence-electron chi connectivity index (χ2n) is 5.02. The number of rotatable bonds is 6. The Labute approximate surface area is 156 Å². The van der Waals surface area contributed by atoms with E-state index < -0.39 is 11.8 Å². The summed E-state index contributed by atoms with van der Waals surface area (Å²) >= 11 is 4.23. The fraction of sp³-hybridized carbons (Fsp3) is 0.118. The van der Waals surface area contributed by atoms with Gasteiger partial charge in [-0.25, -0.2) is 0 Å². The maximum absolute atomic E-state index is 12.2. The van der Waals surface area contributed by atoms with Crippen LogP contribution < -0.4 is 10.6 Å². The molecule has 0 aromatic carbocycles. The molecule has 0 aliphatic rings. The molecule has 3 rings (SSSR count). The Bertz CT molecular complexity index is 867. The first-order valence-corrected chi connectivity index (χ1v) is 9.96. The summed E-state index contributed by atoms with van der Waals surface area (Å²) in [6.45, 7) is 0.552. The highest BCUT2D eigenvalue weighted by atomic mass is 32.1. The summed E-state index contributed by atoms with van der Waals surface area (Å²) < 4.78 is 0. The maximum atomic E-state index is 12.2. The standard InChI is InChI=1S/C17H14N2O3S3/c20-15(13-4-2-8-24-13)14-6-5-12(25-14)10-19-17(22)16(21)18-9-11-3-1-7-23-11/h1-8H,9-10H2,(H,18,21)(H,19,22). The minimum Gasteiger partial charge on any atom is -0.343 e. The van der Waals surface area contributed by atoms with Crippen molar-refractivity contribution in [1.29, 1.82) is 0 Å². The van der Waals surface area contributed by atoms with Crippen molar-refractivity contribution in [1.82, 2.24) is 10.6 Å². The lowest BCUT2D eigenvalue weighted by Gasteiger charge is -2.04. The summed E-state index contributed by atoms with van der Waals surface area (Å²) in [5.74, 6) is -1.37. The molecule has 3 heterocycles. The normalized spacial score (nSPS) is 10.4. The topological polar surface area (TPSA) is 75.3 Å². The fourth-order valence-electron chi connectivity index (χ4n) is 2.03. The number of hydrogen-bond acceptors (Lipinski definition) is 6. The van der Waals surface area contributed by atoms with Crippen molar-refractivity contribution in [3.05, 3.63) is 66.7 Å². The van der Waals surface area contributed by atoms with Crippen LogP contribution in [0.5, 0.6) is 0 Å². The van der Waals surface area contributed by atoms with Crippen molar-refractivity contribution in [2.24, 2.45) is 0 Å². The minimum absolute atomic E-state index is 0.0220. The molecule has 0 unspecified atom stereocenters. The van der Waals surface area contributed by atoms with E-state index in [-0.39, 0.29) is 12.3 Å². The van der Waals surface area contributed by atoms with E-state index in [4.69, 9.17) is 0 Å². The number of thiophene rings is 3. The molecule has 25 heavy (non-hydrogen) atoms. The molecule has 8 heteroatoms. The second kappa shape index (κ2) is 8.19. The molecule has 0 radical (unpaired) electrons. The van der Waals surface area contributed by atoms with E-state index in [0.717, 1.165) is 9.75 Å². The van der Waals surface area contributed by atoms with Gasteiger partial charge in [0.1, 0.15) is 0 Å². The molecule has 0 saturated carbocycles. The van der Waals surface area contributed by atoms with Gasteiger partial charge in [-0.2, -0.15) is 0 Å². The van der Waals surface area contributed by atoms with Crippen molar-refractivity contribution in [2.45, 2.75) is 13.1 Å². The predicted octanol–water partition coefficient (Wildman–Crippen LogP) is 3.03. The number of ketones is 1. The van der Waals surface area contributed by atoms with Crippen LogP contribution in [0.4, 0.5) is 0 Å². The zero-order valence-electron chi connectivity index (χ0n) is 13.0. The van der Waals surface area contributed by atoms with Crippen molar-refractivity contribution in [3.63, 3.8) is 0 Å². The Morgan fingerprint density at radius 2 is 1.44 bits per heavy atom. The van der Waals surface area contributed by atoms with Crippen LogP contribution in [-0.4, -0.2) is 17.6 Å². The molecule has 128 valence electrons. The number of nitrogens with one attached hydrogen (secondary N) is 2. The van der Waals surface area contributed by atoms with E-state index in [0.29, 0.717) is 16.3 Å². The molecule has 0 spiro atoms. The molecule has 2 amide bonds. The zero-order chi connectivity index (χ0) is 17.6. The van der Waals surface area contributed by atoms with Gasteiger partial charge in [0.2, 0.25) is 5.78 Å². The monoisotopic (exact) mass is 390 g/mol. The van der Waals surface area contributed by atoms with Crippen LogP contribution in [-0.2, 0) is 22.7 Å². The Kier molecular flexibility index (Phi) is 5.75. The van der Waals surface area contributed by atoms with E-state index in [1.54, 1.807) is 18.2 Å². The minimum atomic E-state index is -0.684. The van der Waals surface area contributed by atoms with Gasteiger partial charge in [0.05, 0.1) is 22.8 Å². The largest absolute Gasteiger partial charge is 0.343 e. The van der Waals surface area contributed by atoms with E-state index in [1.165, 1.54) is 34.0 Å². The second-order valence-corrected chi connectivity index (χ2v) is 8.17. The van der Waals surface area contributed by atoms with Gasteiger partial charge in [0.25, 0.3) is 0 Å². The van der Waals surface area contributed by atoms with Gasteiger partial charge in [0.15, 0.2) is 0 Å². The van der Waals surface area contributed by atoms with Crippen molar-refractivity contribution >= 4 is 51.6 Å². The lowest BCUT2D eigenvalue weighted by atomic mass is 10.3. The summed E-state index contributed by atoms with van der Waals surface area (Å²) in [6.07, 6.45) is 0. The predicted molar refractivity (Wildman–Crippen MR) is 100 cm³/mol. The van der Waals surface area contributed by atoms with Crippen LogP contribution >= 0.6 is 34.0 Å². The average molecular weight is 391 g/mol. The van der Waals surface area contributed by atoms with Crippen LogP contribution in [0.25, 0.3) is 0 Å². The molecule has 0 fully saturated rings. The van der Waals surface area contributed by atoms with Gasteiger partial charge in [0, 0.05) is 9.75 Å². The van der Waals surface area contributed by atoms with Crippen LogP contribution in [0.2, 0.25) is 0 Å². The zero-order valence-corrected chi connectivity index (χ0v) is 15.4. The summed E-state index contributed by atoms with van der Waals surface area (Å²) in [5, 5.41) is 8.91. The quantitative estimate of drug-likeness (QED) is 0.502. The van der Waals surface area contributed by atoms with Crippen molar-refractivity contribution in [3.8, 4) is 0 Å².